The maximum Gasteiger partial charge on any atom is 0.324 e. The van der Waals surface area contributed by atoms with Crippen LogP contribution >= 0.6 is 0 Å². The normalized spacial score (nSPS) is 26.1. The maximum atomic E-state index is 11.4. The maximum absolute atomic E-state index is 11.4. The molecule has 1 rings (SSSR count). The Labute approximate surface area is 83.9 Å². The Hall–Kier alpha value is -0.620. The second-order valence-corrected chi connectivity index (χ2v) is 6.18. The van der Waals surface area contributed by atoms with E-state index in [2.05, 4.69) is 4.72 Å². The van der Waals surface area contributed by atoms with E-state index >= 15 is 0 Å². The average molecular weight is 221 g/mol. The molecule has 1 heterocycles. The molecular weight excluding hydrogens is 206 g/mol. The topological polar surface area (TPSA) is 72.5 Å². The zero-order chi connectivity index (χ0) is 11.0. The third-order valence-electron chi connectivity index (χ3n) is 1.69. The molecule has 0 aromatic rings. The molecule has 1 aliphatic heterocycles. The van der Waals surface area contributed by atoms with Crippen LogP contribution in [0.15, 0.2) is 0 Å². The molecule has 1 atom stereocenters. The lowest BCUT2D eigenvalue weighted by atomic mass is 10.2. The Balaban J connectivity index is 2.57. The summed E-state index contributed by atoms with van der Waals surface area (Å²) in [6, 6.07) is -0.709. The Bertz CT molecular complexity index is 328. The van der Waals surface area contributed by atoms with Crippen LogP contribution in [-0.4, -0.2) is 31.8 Å². The fourth-order valence-electron chi connectivity index (χ4n) is 1.15. The molecule has 0 radical (unpaired) electrons. The van der Waals surface area contributed by atoms with Crippen molar-refractivity contribution in [2.45, 2.75) is 38.8 Å². The standard InChI is InChI=1S/C8H15NO4S/c1-8(2,3)13-7(10)6-4-5-14(11,12)9-6/h6,9H,4-5H2,1-3H3/t6-/m1/s1. The van der Waals surface area contributed by atoms with Gasteiger partial charge < -0.3 is 4.74 Å². The number of esters is 1. The van der Waals surface area contributed by atoms with E-state index in [4.69, 9.17) is 4.74 Å². The molecule has 0 unspecified atom stereocenters. The van der Waals surface area contributed by atoms with Gasteiger partial charge in [-0.15, -0.1) is 0 Å². The molecule has 82 valence electrons. The number of hydrogen-bond acceptors (Lipinski definition) is 4. The van der Waals surface area contributed by atoms with Gasteiger partial charge in [-0.3, -0.25) is 4.79 Å². The Kier molecular flexibility index (Phi) is 2.87. The minimum Gasteiger partial charge on any atom is -0.459 e. The summed E-state index contributed by atoms with van der Waals surface area (Å²) in [6.07, 6.45) is 0.289. The molecule has 0 aromatic carbocycles. The van der Waals surface area contributed by atoms with Gasteiger partial charge in [-0.25, -0.2) is 13.1 Å². The molecule has 6 heteroatoms. The van der Waals surface area contributed by atoms with Crippen molar-refractivity contribution in [2.75, 3.05) is 5.75 Å². The highest BCUT2D eigenvalue weighted by molar-refractivity contribution is 7.89. The lowest BCUT2D eigenvalue weighted by molar-refractivity contribution is -0.156. The highest BCUT2D eigenvalue weighted by Crippen LogP contribution is 2.14. The van der Waals surface area contributed by atoms with Crippen molar-refractivity contribution in [3.63, 3.8) is 0 Å². The summed E-state index contributed by atoms with van der Waals surface area (Å²) in [7, 11) is -3.25. The summed E-state index contributed by atoms with van der Waals surface area (Å²) in [5.74, 6) is -0.504. The van der Waals surface area contributed by atoms with E-state index in [1.165, 1.54) is 0 Å². The monoisotopic (exact) mass is 221 g/mol. The predicted octanol–water partition coefficient (Wildman–Crippen LogP) is 0.0198. The van der Waals surface area contributed by atoms with E-state index < -0.39 is 27.6 Å². The van der Waals surface area contributed by atoms with Gasteiger partial charge in [0.25, 0.3) is 0 Å². The van der Waals surface area contributed by atoms with Gasteiger partial charge in [0.1, 0.15) is 11.6 Å². The summed E-state index contributed by atoms with van der Waals surface area (Å²) in [4.78, 5) is 11.4. The first-order chi connectivity index (χ1) is 6.20. The Morgan fingerprint density at radius 2 is 2.00 bits per heavy atom. The van der Waals surface area contributed by atoms with Crippen molar-refractivity contribution in [1.29, 1.82) is 0 Å². The summed E-state index contributed by atoms with van der Waals surface area (Å²) in [5, 5.41) is 0. The first-order valence-corrected chi connectivity index (χ1v) is 6.08. The fourth-order valence-corrected chi connectivity index (χ4v) is 2.46. The van der Waals surface area contributed by atoms with E-state index in [1.54, 1.807) is 20.8 Å². The SMILES string of the molecule is CC(C)(C)OC(=O)[C@H]1CCS(=O)(=O)N1. The van der Waals surface area contributed by atoms with Crippen LogP contribution in [0.1, 0.15) is 27.2 Å². The quantitative estimate of drug-likeness (QED) is 0.633. The van der Waals surface area contributed by atoms with Gasteiger partial charge in [-0.1, -0.05) is 0 Å². The highest BCUT2D eigenvalue weighted by Gasteiger charge is 2.34. The predicted molar refractivity (Wildman–Crippen MR) is 51.2 cm³/mol. The first-order valence-electron chi connectivity index (χ1n) is 4.42. The second-order valence-electron chi connectivity index (χ2n) is 4.31. The van der Waals surface area contributed by atoms with E-state index in [9.17, 15) is 13.2 Å². The van der Waals surface area contributed by atoms with E-state index in [0.717, 1.165) is 0 Å². The highest BCUT2D eigenvalue weighted by atomic mass is 32.2. The fraction of sp³-hybridized carbons (Fsp3) is 0.875. The van der Waals surface area contributed by atoms with Gasteiger partial charge in [-0.05, 0) is 27.2 Å². The van der Waals surface area contributed by atoms with Crippen LogP contribution in [0.2, 0.25) is 0 Å². The zero-order valence-electron chi connectivity index (χ0n) is 8.53. The zero-order valence-corrected chi connectivity index (χ0v) is 9.35. The molecule has 0 aromatic heterocycles. The molecule has 0 spiro atoms. The summed E-state index contributed by atoms with van der Waals surface area (Å²) < 4.78 is 29.3. The van der Waals surface area contributed by atoms with E-state index in [-0.39, 0.29) is 12.2 Å². The van der Waals surface area contributed by atoms with Crippen molar-refractivity contribution < 1.29 is 17.9 Å². The molecule has 1 saturated heterocycles. The molecule has 0 amide bonds. The number of sulfonamides is 1. The molecule has 1 aliphatic rings. The van der Waals surface area contributed by atoms with Crippen molar-refractivity contribution in [1.82, 2.24) is 4.72 Å². The lowest BCUT2D eigenvalue weighted by Crippen LogP contribution is -2.38. The van der Waals surface area contributed by atoms with Crippen molar-refractivity contribution in [3.05, 3.63) is 0 Å². The minimum absolute atomic E-state index is 0.00307. The van der Waals surface area contributed by atoms with Gasteiger partial charge in [0.2, 0.25) is 10.0 Å². The van der Waals surface area contributed by atoms with Crippen molar-refractivity contribution >= 4 is 16.0 Å². The van der Waals surface area contributed by atoms with Crippen LogP contribution < -0.4 is 4.72 Å². The van der Waals surface area contributed by atoms with Crippen molar-refractivity contribution in [3.8, 4) is 0 Å². The number of carbonyl (C=O) groups is 1. The van der Waals surface area contributed by atoms with Gasteiger partial charge in [-0.2, -0.15) is 0 Å². The third kappa shape index (κ3) is 3.26. The lowest BCUT2D eigenvalue weighted by Gasteiger charge is -2.21. The number of carbonyl (C=O) groups excluding carboxylic acids is 1. The van der Waals surface area contributed by atoms with E-state index in [0.29, 0.717) is 0 Å². The summed E-state index contributed by atoms with van der Waals surface area (Å²) in [5.41, 5.74) is -0.578. The van der Waals surface area contributed by atoms with Crippen molar-refractivity contribution in [2.24, 2.45) is 0 Å². The molecule has 5 nitrogen and oxygen atoms in total. The van der Waals surface area contributed by atoms with Gasteiger partial charge >= 0.3 is 5.97 Å². The van der Waals surface area contributed by atoms with Crippen LogP contribution in [0.4, 0.5) is 0 Å². The number of hydrogen-bond donors (Lipinski definition) is 1. The molecule has 14 heavy (non-hydrogen) atoms. The first kappa shape index (κ1) is 11.5. The van der Waals surface area contributed by atoms with Crippen LogP contribution in [0, 0.1) is 0 Å². The van der Waals surface area contributed by atoms with E-state index in [1.807, 2.05) is 0 Å². The van der Waals surface area contributed by atoms with Crippen LogP contribution in [0.25, 0.3) is 0 Å². The summed E-state index contributed by atoms with van der Waals surface area (Å²) in [6.45, 7) is 5.23. The summed E-state index contributed by atoms with van der Waals surface area (Å²) >= 11 is 0. The van der Waals surface area contributed by atoms with Gasteiger partial charge in [0, 0.05) is 0 Å². The Morgan fingerprint density at radius 1 is 1.43 bits per heavy atom. The van der Waals surface area contributed by atoms with Crippen LogP contribution in [0.5, 0.6) is 0 Å². The second kappa shape index (κ2) is 3.51. The number of nitrogens with one attached hydrogen (secondary N) is 1. The smallest absolute Gasteiger partial charge is 0.324 e. The molecule has 1 fully saturated rings. The molecule has 1 N–H and O–H groups in total. The third-order valence-corrected chi connectivity index (χ3v) is 3.11. The molecule has 0 saturated carbocycles. The largest absolute Gasteiger partial charge is 0.459 e. The Morgan fingerprint density at radius 3 is 2.36 bits per heavy atom. The van der Waals surface area contributed by atoms with Crippen LogP contribution in [-0.2, 0) is 19.6 Å². The minimum atomic E-state index is -3.25. The molecule has 0 aliphatic carbocycles. The average Bonchev–Trinajstić information content (AvgIpc) is 2.26. The number of ether oxygens (including phenoxy) is 1. The van der Waals surface area contributed by atoms with Gasteiger partial charge in [0.15, 0.2) is 0 Å². The van der Waals surface area contributed by atoms with Crippen LogP contribution in [0.3, 0.4) is 0 Å². The molecule has 0 bridgehead atoms. The number of rotatable bonds is 1. The van der Waals surface area contributed by atoms with Gasteiger partial charge in [0.05, 0.1) is 5.75 Å². The molecular formula is C8H15NO4S.